The lowest BCUT2D eigenvalue weighted by Gasteiger charge is -2.36. The summed E-state index contributed by atoms with van der Waals surface area (Å²) in [7, 11) is 2.05. The van der Waals surface area contributed by atoms with Gasteiger partial charge in [-0.3, -0.25) is 5.01 Å². The molecule has 1 aliphatic heterocycles. The monoisotopic (exact) mass is 236 g/mol. The van der Waals surface area contributed by atoms with Crippen LogP contribution in [-0.2, 0) is 5.54 Å². The van der Waals surface area contributed by atoms with E-state index in [1.807, 2.05) is 13.3 Å². The number of rotatable bonds is 2. The highest BCUT2D eigenvalue weighted by Gasteiger charge is 2.40. The van der Waals surface area contributed by atoms with Gasteiger partial charge in [0.05, 0.1) is 0 Å². The maximum absolute atomic E-state index is 4.45. The quantitative estimate of drug-likeness (QED) is 0.781. The molecule has 0 bridgehead atoms. The van der Waals surface area contributed by atoms with E-state index in [0.717, 1.165) is 6.42 Å². The van der Waals surface area contributed by atoms with E-state index in [-0.39, 0.29) is 5.54 Å². The zero-order valence-electron chi connectivity index (χ0n) is 10.5. The SMILES string of the molecule is CN1N=CCC1(c1ccccc1)c1ccccc1. The lowest BCUT2D eigenvalue weighted by molar-refractivity contribution is 0.198. The molecule has 2 aromatic rings. The molecule has 1 heterocycles. The van der Waals surface area contributed by atoms with E-state index in [2.05, 4.69) is 70.8 Å². The highest BCUT2D eigenvalue weighted by molar-refractivity contribution is 5.65. The Morgan fingerprint density at radius 3 is 1.78 bits per heavy atom. The number of hydrazone groups is 1. The Kier molecular flexibility index (Phi) is 2.63. The number of benzene rings is 2. The Labute approximate surface area is 108 Å². The van der Waals surface area contributed by atoms with Crippen LogP contribution in [0.4, 0.5) is 0 Å². The van der Waals surface area contributed by atoms with Crippen molar-refractivity contribution >= 4 is 6.21 Å². The third kappa shape index (κ3) is 1.53. The Hall–Kier alpha value is -2.09. The van der Waals surface area contributed by atoms with Crippen LogP contribution >= 0.6 is 0 Å². The van der Waals surface area contributed by atoms with Gasteiger partial charge in [-0.05, 0) is 11.1 Å². The molecule has 3 rings (SSSR count). The fourth-order valence-electron chi connectivity index (χ4n) is 2.73. The Balaban J connectivity index is 2.17. The van der Waals surface area contributed by atoms with Crippen LogP contribution in [0.25, 0.3) is 0 Å². The zero-order chi connectivity index (χ0) is 12.4. The van der Waals surface area contributed by atoms with E-state index >= 15 is 0 Å². The van der Waals surface area contributed by atoms with Crippen LogP contribution in [0.2, 0.25) is 0 Å². The molecule has 18 heavy (non-hydrogen) atoms. The normalized spacial score (nSPS) is 17.1. The van der Waals surface area contributed by atoms with Crippen LogP contribution < -0.4 is 0 Å². The predicted octanol–water partition coefficient (Wildman–Crippen LogP) is 3.25. The van der Waals surface area contributed by atoms with Crippen molar-refractivity contribution in [2.45, 2.75) is 12.0 Å². The summed E-state index contributed by atoms with van der Waals surface area (Å²) in [5, 5.41) is 6.52. The molecule has 2 aromatic carbocycles. The summed E-state index contributed by atoms with van der Waals surface area (Å²) in [6.07, 6.45) is 2.91. The lowest BCUT2D eigenvalue weighted by atomic mass is 9.81. The van der Waals surface area contributed by atoms with Crippen molar-refractivity contribution in [1.29, 1.82) is 0 Å². The van der Waals surface area contributed by atoms with E-state index in [1.54, 1.807) is 0 Å². The minimum atomic E-state index is -0.150. The van der Waals surface area contributed by atoms with Crippen LogP contribution in [0.3, 0.4) is 0 Å². The predicted molar refractivity (Wildman–Crippen MR) is 74.5 cm³/mol. The maximum atomic E-state index is 4.45. The molecule has 2 heteroatoms. The molecule has 0 amide bonds. The second kappa shape index (κ2) is 4.30. The van der Waals surface area contributed by atoms with Gasteiger partial charge in [0.2, 0.25) is 0 Å². The number of nitrogens with zero attached hydrogens (tertiary/aromatic N) is 2. The van der Waals surface area contributed by atoms with Gasteiger partial charge in [0.25, 0.3) is 0 Å². The van der Waals surface area contributed by atoms with Crippen molar-refractivity contribution in [3.05, 3.63) is 71.8 Å². The van der Waals surface area contributed by atoms with E-state index in [4.69, 9.17) is 0 Å². The van der Waals surface area contributed by atoms with Crippen molar-refractivity contribution in [2.75, 3.05) is 7.05 Å². The second-order valence-electron chi connectivity index (χ2n) is 4.62. The molecule has 90 valence electrons. The van der Waals surface area contributed by atoms with Gasteiger partial charge in [0.15, 0.2) is 0 Å². The Bertz CT molecular complexity index is 506. The van der Waals surface area contributed by atoms with Gasteiger partial charge in [-0.2, -0.15) is 5.10 Å². The molecule has 1 aliphatic rings. The molecular weight excluding hydrogens is 220 g/mol. The second-order valence-corrected chi connectivity index (χ2v) is 4.62. The van der Waals surface area contributed by atoms with Gasteiger partial charge in [0.1, 0.15) is 5.54 Å². The summed E-state index contributed by atoms with van der Waals surface area (Å²) in [4.78, 5) is 0. The molecule has 0 radical (unpaired) electrons. The Morgan fingerprint density at radius 2 is 1.39 bits per heavy atom. The van der Waals surface area contributed by atoms with Crippen molar-refractivity contribution in [3.8, 4) is 0 Å². The average molecular weight is 236 g/mol. The van der Waals surface area contributed by atoms with E-state index in [9.17, 15) is 0 Å². The van der Waals surface area contributed by atoms with Crippen molar-refractivity contribution < 1.29 is 0 Å². The van der Waals surface area contributed by atoms with Crippen LogP contribution in [-0.4, -0.2) is 18.3 Å². The first-order chi connectivity index (χ1) is 8.84. The highest BCUT2D eigenvalue weighted by atomic mass is 15.5. The lowest BCUT2D eigenvalue weighted by Crippen LogP contribution is -2.38. The topological polar surface area (TPSA) is 15.6 Å². The van der Waals surface area contributed by atoms with Crippen LogP contribution in [0.15, 0.2) is 65.8 Å². The van der Waals surface area contributed by atoms with Crippen molar-refractivity contribution in [3.63, 3.8) is 0 Å². The van der Waals surface area contributed by atoms with Gasteiger partial charge in [0, 0.05) is 19.7 Å². The first kappa shape index (κ1) is 11.0. The van der Waals surface area contributed by atoms with Crippen LogP contribution in [0, 0.1) is 0 Å². The summed E-state index contributed by atoms with van der Waals surface area (Å²) in [6, 6.07) is 21.2. The molecular formula is C16H16N2. The van der Waals surface area contributed by atoms with E-state index in [1.165, 1.54) is 11.1 Å². The van der Waals surface area contributed by atoms with Gasteiger partial charge >= 0.3 is 0 Å². The highest BCUT2D eigenvalue weighted by Crippen LogP contribution is 2.40. The van der Waals surface area contributed by atoms with E-state index < -0.39 is 0 Å². The van der Waals surface area contributed by atoms with Gasteiger partial charge < -0.3 is 0 Å². The fourth-order valence-corrected chi connectivity index (χ4v) is 2.73. The molecule has 0 unspecified atom stereocenters. The summed E-state index contributed by atoms with van der Waals surface area (Å²) in [5.41, 5.74) is 2.43. The minimum absolute atomic E-state index is 0.150. The van der Waals surface area contributed by atoms with Crippen molar-refractivity contribution in [1.82, 2.24) is 5.01 Å². The maximum Gasteiger partial charge on any atom is 0.112 e. The summed E-state index contributed by atoms with van der Waals surface area (Å²) in [6.45, 7) is 0. The van der Waals surface area contributed by atoms with Crippen LogP contribution in [0.5, 0.6) is 0 Å². The van der Waals surface area contributed by atoms with E-state index in [0.29, 0.717) is 0 Å². The Morgan fingerprint density at radius 1 is 0.889 bits per heavy atom. The molecule has 0 spiro atoms. The average Bonchev–Trinajstić information content (AvgIpc) is 2.84. The van der Waals surface area contributed by atoms with Crippen molar-refractivity contribution in [2.24, 2.45) is 5.10 Å². The largest absolute Gasteiger partial charge is 0.285 e. The summed E-state index contributed by atoms with van der Waals surface area (Å²) < 4.78 is 0. The standard InChI is InChI=1S/C16H16N2/c1-18-16(12-13-17-18,14-8-4-2-5-9-14)15-10-6-3-7-11-15/h2-11,13H,12H2,1H3. The number of hydrogen-bond donors (Lipinski definition) is 0. The smallest absolute Gasteiger partial charge is 0.112 e. The summed E-state index contributed by atoms with van der Waals surface area (Å²) >= 11 is 0. The first-order valence-electron chi connectivity index (χ1n) is 6.21. The van der Waals surface area contributed by atoms with Crippen LogP contribution in [0.1, 0.15) is 17.5 Å². The molecule has 0 aliphatic carbocycles. The molecule has 0 fully saturated rings. The first-order valence-corrected chi connectivity index (χ1v) is 6.21. The molecule has 2 nitrogen and oxygen atoms in total. The molecule has 0 saturated carbocycles. The summed E-state index contributed by atoms with van der Waals surface area (Å²) in [5.74, 6) is 0. The molecule has 0 saturated heterocycles. The molecule has 0 atom stereocenters. The minimum Gasteiger partial charge on any atom is -0.285 e. The molecule has 0 N–H and O–H groups in total. The van der Waals surface area contributed by atoms with Gasteiger partial charge in [-0.1, -0.05) is 60.7 Å². The zero-order valence-corrected chi connectivity index (χ0v) is 10.5. The number of hydrogen-bond acceptors (Lipinski definition) is 2. The third-order valence-corrected chi connectivity index (χ3v) is 3.70. The molecule has 0 aromatic heterocycles. The fraction of sp³-hybridized carbons (Fsp3) is 0.188. The van der Waals surface area contributed by atoms with Gasteiger partial charge in [-0.25, -0.2) is 0 Å². The van der Waals surface area contributed by atoms with Gasteiger partial charge in [-0.15, -0.1) is 0 Å². The third-order valence-electron chi connectivity index (χ3n) is 3.70.